The van der Waals surface area contributed by atoms with Crippen LogP contribution in [0.25, 0.3) is 5.69 Å². The van der Waals surface area contributed by atoms with Crippen molar-refractivity contribution in [1.82, 2.24) is 14.9 Å². The molecule has 0 aliphatic heterocycles. The van der Waals surface area contributed by atoms with Crippen molar-refractivity contribution in [1.29, 1.82) is 0 Å². The van der Waals surface area contributed by atoms with Crippen molar-refractivity contribution < 1.29 is 0 Å². The van der Waals surface area contributed by atoms with Crippen LogP contribution in [0.2, 0.25) is 5.02 Å². The van der Waals surface area contributed by atoms with E-state index >= 15 is 0 Å². The monoisotopic (exact) mass is 263 g/mol. The first kappa shape index (κ1) is 13.1. The molecule has 0 bridgehead atoms. The summed E-state index contributed by atoms with van der Waals surface area (Å²) in [6.45, 7) is 6.31. The van der Waals surface area contributed by atoms with Gasteiger partial charge in [-0.05, 0) is 51.6 Å². The Morgan fingerprint density at radius 3 is 2.67 bits per heavy atom. The van der Waals surface area contributed by atoms with Gasteiger partial charge in [0, 0.05) is 10.7 Å². The number of benzene rings is 1. The number of halogens is 1. The molecule has 0 radical (unpaired) electrons. The minimum Gasteiger partial charge on any atom is -0.310 e. The number of nitrogens with zero attached hydrogens (tertiary/aromatic N) is 2. The Bertz CT molecular complexity index is 558. The van der Waals surface area contributed by atoms with Crippen LogP contribution >= 0.6 is 11.6 Å². The molecule has 1 aromatic heterocycles. The third-order valence-corrected chi connectivity index (χ3v) is 3.56. The fourth-order valence-electron chi connectivity index (χ4n) is 1.97. The average Bonchev–Trinajstić information content (AvgIpc) is 2.78. The SMILES string of the molecule is CNC(C)(C)c1cncn1-c1ccc(Cl)cc1C. The van der Waals surface area contributed by atoms with Crippen molar-refractivity contribution >= 4 is 11.6 Å². The molecule has 0 fully saturated rings. The maximum absolute atomic E-state index is 6.00. The van der Waals surface area contributed by atoms with Gasteiger partial charge in [0.25, 0.3) is 0 Å². The number of aromatic nitrogens is 2. The predicted octanol–water partition coefficient (Wildman–Crippen LogP) is 3.29. The quantitative estimate of drug-likeness (QED) is 0.921. The van der Waals surface area contributed by atoms with E-state index in [9.17, 15) is 0 Å². The molecule has 0 aliphatic carbocycles. The molecular formula is C14H18ClN3. The van der Waals surface area contributed by atoms with E-state index < -0.39 is 0 Å². The Kier molecular flexibility index (Phi) is 3.46. The molecule has 1 N–H and O–H groups in total. The lowest BCUT2D eigenvalue weighted by Crippen LogP contribution is -2.35. The number of aryl methyl sites for hydroxylation is 1. The van der Waals surface area contributed by atoms with Crippen LogP contribution in [0.4, 0.5) is 0 Å². The molecule has 0 aliphatic rings. The lowest BCUT2D eigenvalue weighted by Gasteiger charge is -2.26. The number of hydrogen-bond donors (Lipinski definition) is 1. The number of imidazole rings is 1. The number of hydrogen-bond acceptors (Lipinski definition) is 2. The topological polar surface area (TPSA) is 29.9 Å². The lowest BCUT2D eigenvalue weighted by atomic mass is 10.0. The second-order valence-electron chi connectivity index (χ2n) is 4.95. The molecule has 0 spiro atoms. The Morgan fingerprint density at radius 1 is 1.33 bits per heavy atom. The zero-order valence-corrected chi connectivity index (χ0v) is 11.9. The summed E-state index contributed by atoms with van der Waals surface area (Å²) in [5.41, 5.74) is 3.22. The molecule has 4 heteroatoms. The fourth-order valence-corrected chi connectivity index (χ4v) is 2.19. The highest BCUT2D eigenvalue weighted by Gasteiger charge is 2.23. The first-order valence-corrected chi connectivity index (χ1v) is 6.32. The second kappa shape index (κ2) is 4.75. The van der Waals surface area contributed by atoms with Gasteiger partial charge in [0.2, 0.25) is 0 Å². The van der Waals surface area contributed by atoms with Gasteiger partial charge in [0.05, 0.1) is 23.8 Å². The van der Waals surface area contributed by atoms with Crippen LogP contribution in [-0.4, -0.2) is 16.6 Å². The van der Waals surface area contributed by atoms with E-state index in [1.807, 2.05) is 37.8 Å². The normalized spacial score (nSPS) is 11.8. The standard InChI is InChI=1S/C14H18ClN3/c1-10-7-11(15)5-6-12(10)18-9-17-8-13(18)14(2,3)16-4/h5-9,16H,1-4H3. The summed E-state index contributed by atoms with van der Waals surface area (Å²) >= 11 is 6.00. The van der Waals surface area contributed by atoms with Gasteiger partial charge < -0.3 is 9.88 Å². The van der Waals surface area contributed by atoms with Crippen molar-refractivity contribution in [2.75, 3.05) is 7.05 Å². The molecule has 18 heavy (non-hydrogen) atoms. The first-order chi connectivity index (χ1) is 8.45. The smallest absolute Gasteiger partial charge is 0.0994 e. The van der Waals surface area contributed by atoms with Crippen LogP contribution < -0.4 is 5.32 Å². The van der Waals surface area contributed by atoms with E-state index in [0.29, 0.717) is 0 Å². The minimum atomic E-state index is -0.136. The van der Waals surface area contributed by atoms with Crippen LogP contribution in [-0.2, 0) is 5.54 Å². The molecule has 3 nitrogen and oxygen atoms in total. The molecule has 0 saturated carbocycles. The van der Waals surface area contributed by atoms with Gasteiger partial charge in [0.1, 0.15) is 0 Å². The zero-order valence-electron chi connectivity index (χ0n) is 11.2. The largest absolute Gasteiger partial charge is 0.310 e. The van der Waals surface area contributed by atoms with E-state index in [4.69, 9.17) is 11.6 Å². The highest BCUT2D eigenvalue weighted by molar-refractivity contribution is 6.30. The van der Waals surface area contributed by atoms with E-state index in [1.165, 1.54) is 0 Å². The van der Waals surface area contributed by atoms with Crippen LogP contribution in [0.1, 0.15) is 25.1 Å². The summed E-state index contributed by atoms with van der Waals surface area (Å²) in [5.74, 6) is 0. The van der Waals surface area contributed by atoms with Crippen LogP contribution in [0.15, 0.2) is 30.7 Å². The van der Waals surface area contributed by atoms with Crippen molar-refractivity contribution in [2.24, 2.45) is 0 Å². The van der Waals surface area contributed by atoms with Gasteiger partial charge in [-0.1, -0.05) is 11.6 Å². The third-order valence-electron chi connectivity index (χ3n) is 3.32. The molecule has 2 rings (SSSR count). The van der Waals surface area contributed by atoms with Gasteiger partial charge in [0.15, 0.2) is 0 Å². The van der Waals surface area contributed by atoms with Crippen LogP contribution in [0.5, 0.6) is 0 Å². The Balaban J connectivity index is 2.56. The summed E-state index contributed by atoms with van der Waals surface area (Å²) in [6, 6.07) is 5.89. The maximum Gasteiger partial charge on any atom is 0.0994 e. The zero-order chi connectivity index (χ0) is 13.3. The van der Waals surface area contributed by atoms with Crippen molar-refractivity contribution in [3.8, 4) is 5.69 Å². The Labute approximate surface area is 113 Å². The molecule has 2 aromatic rings. The Hall–Kier alpha value is -1.32. The van der Waals surface area contributed by atoms with Gasteiger partial charge in [-0.25, -0.2) is 4.98 Å². The van der Waals surface area contributed by atoms with Crippen molar-refractivity contribution in [3.63, 3.8) is 0 Å². The van der Waals surface area contributed by atoms with Gasteiger partial charge >= 0.3 is 0 Å². The van der Waals surface area contributed by atoms with Gasteiger partial charge in [-0.15, -0.1) is 0 Å². The van der Waals surface area contributed by atoms with E-state index in [2.05, 4.69) is 35.6 Å². The van der Waals surface area contributed by atoms with E-state index in [1.54, 1.807) is 0 Å². The summed E-state index contributed by atoms with van der Waals surface area (Å²) in [4.78, 5) is 4.27. The number of rotatable bonds is 3. The van der Waals surface area contributed by atoms with Crippen LogP contribution in [0, 0.1) is 6.92 Å². The highest BCUT2D eigenvalue weighted by Crippen LogP contribution is 2.25. The first-order valence-electron chi connectivity index (χ1n) is 5.94. The lowest BCUT2D eigenvalue weighted by molar-refractivity contribution is 0.424. The number of nitrogens with one attached hydrogen (secondary N) is 1. The molecule has 1 aromatic carbocycles. The summed E-state index contributed by atoms with van der Waals surface area (Å²) < 4.78 is 2.10. The predicted molar refractivity (Wildman–Crippen MR) is 75.4 cm³/mol. The summed E-state index contributed by atoms with van der Waals surface area (Å²) in [5, 5.41) is 4.05. The Morgan fingerprint density at radius 2 is 2.06 bits per heavy atom. The molecule has 0 atom stereocenters. The molecule has 0 amide bonds. The molecular weight excluding hydrogens is 246 g/mol. The van der Waals surface area contributed by atoms with Crippen LogP contribution in [0.3, 0.4) is 0 Å². The van der Waals surface area contributed by atoms with Crippen molar-refractivity contribution in [3.05, 3.63) is 47.0 Å². The van der Waals surface area contributed by atoms with Gasteiger partial charge in [-0.2, -0.15) is 0 Å². The highest BCUT2D eigenvalue weighted by atomic mass is 35.5. The molecule has 0 saturated heterocycles. The third kappa shape index (κ3) is 2.28. The fraction of sp³-hybridized carbons (Fsp3) is 0.357. The molecule has 0 unspecified atom stereocenters. The average molecular weight is 264 g/mol. The van der Waals surface area contributed by atoms with Crippen molar-refractivity contribution in [2.45, 2.75) is 26.3 Å². The van der Waals surface area contributed by atoms with Gasteiger partial charge in [-0.3, -0.25) is 0 Å². The molecule has 96 valence electrons. The molecule has 1 heterocycles. The van der Waals surface area contributed by atoms with E-state index in [-0.39, 0.29) is 5.54 Å². The summed E-state index contributed by atoms with van der Waals surface area (Å²) in [6.07, 6.45) is 3.73. The second-order valence-corrected chi connectivity index (χ2v) is 5.39. The summed E-state index contributed by atoms with van der Waals surface area (Å²) in [7, 11) is 1.95. The maximum atomic E-state index is 6.00. The van der Waals surface area contributed by atoms with E-state index in [0.717, 1.165) is 22.0 Å². The minimum absolute atomic E-state index is 0.136.